The van der Waals surface area contributed by atoms with E-state index in [2.05, 4.69) is 37.2 Å². The minimum absolute atomic E-state index is 0.0125. The number of fused-ring (bicyclic) bond motifs is 6. The van der Waals surface area contributed by atoms with Crippen LogP contribution in [0.4, 0.5) is 5.95 Å². The van der Waals surface area contributed by atoms with Crippen molar-refractivity contribution in [1.82, 2.24) is 34.1 Å². The Balaban J connectivity index is 1.38. The Hall–Kier alpha value is -2.79. The number of aliphatic hydroxyl groups is 1. The Bertz CT molecular complexity index is 1890. The number of anilines is 1. The van der Waals surface area contributed by atoms with Gasteiger partial charge in [0.1, 0.15) is 42.3 Å². The largest absolute Gasteiger partial charge is 0.387 e. The molecule has 18 nitrogen and oxygen atoms in total. The van der Waals surface area contributed by atoms with E-state index in [9.17, 15) is 24.6 Å². The third-order valence-corrected chi connectivity index (χ3v) is 9.62. The SMILES string of the molecule is N#Cc1cnc2c(c1)nc1n2CCOP(O)(=S)OC[C@H]2O[C@@H](n3cnc4c(=O)[nH]c(N)nc43)[C@H](OP(=O)(S)OC1)[C@@H]2O. The van der Waals surface area contributed by atoms with Crippen LogP contribution in [0.2, 0.25) is 0 Å². The van der Waals surface area contributed by atoms with Gasteiger partial charge in [-0.2, -0.15) is 10.2 Å². The van der Waals surface area contributed by atoms with E-state index >= 15 is 0 Å². The summed E-state index contributed by atoms with van der Waals surface area (Å²) in [6.45, 7) is -9.05. The molecule has 2 aliphatic rings. The van der Waals surface area contributed by atoms with E-state index in [0.717, 1.165) is 0 Å². The molecule has 2 aliphatic heterocycles. The molecule has 42 heavy (non-hydrogen) atoms. The van der Waals surface area contributed by atoms with E-state index in [-0.39, 0.29) is 41.7 Å². The van der Waals surface area contributed by atoms with Crippen LogP contribution in [0, 0.1) is 11.3 Å². The van der Waals surface area contributed by atoms with Gasteiger partial charge in [0.15, 0.2) is 23.0 Å². The van der Waals surface area contributed by atoms with E-state index in [1.165, 1.54) is 23.2 Å². The monoisotopic (exact) mass is 657 g/mol. The first-order valence-corrected chi connectivity index (χ1v) is 17.3. The summed E-state index contributed by atoms with van der Waals surface area (Å²) in [6.07, 6.45) is -2.89. The fourth-order valence-electron chi connectivity index (χ4n) is 4.56. The van der Waals surface area contributed by atoms with Crippen molar-refractivity contribution < 1.29 is 37.4 Å². The third kappa shape index (κ3) is 5.62. The van der Waals surface area contributed by atoms with E-state index < -0.39 is 56.8 Å². The lowest BCUT2D eigenvalue weighted by Crippen LogP contribution is -2.35. The zero-order valence-corrected chi connectivity index (χ0v) is 24.6. The Labute approximate surface area is 245 Å². The number of rotatable bonds is 1. The van der Waals surface area contributed by atoms with Gasteiger partial charge < -0.3 is 34.1 Å². The highest BCUT2D eigenvalue weighted by molar-refractivity contribution is 8.44. The third-order valence-electron chi connectivity index (χ3n) is 6.41. The lowest BCUT2D eigenvalue weighted by Gasteiger charge is -2.24. The molecule has 0 saturated carbocycles. The standard InChI is InChI=1S/C20H21N9O9P2S2/c21-4-9-3-10-16(23-5-9)28-1-2-34-39(32,41)35-6-11-14(30)15(38-40(33,42)36-7-12(28)25-10)19(37-11)29-8-24-13-17(29)26-20(22)27-18(13)31/h3,5,8,11,14-15,19,30H,1-2,6-7H2,(H,32,41)(H,33,42)(H3,22,26,27,31)/t11-,14-,15-,19-,39?,40?/m1/s1. The average Bonchev–Trinajstić information content (AvgIpc) is 3.59. The predicted molar refractivity (Wildman–Crippen MR) is 149 cm³/mol. The Morgan fingerprint density at radius 2 is 2.07 bits per heavy atom. The molecule has 6 rings (SSSR count). The van der Waals surface area contributed by atoms with Crippen LogP contribution >= 0.6 is 25.8 Å². The second-order valence-electron chi connectivity index (χ2n) is 9.10. The normalized spacial score (nSPS) is 30.9. The van der Waals surface area contributed by atoms with E-state index in [0.29, 0.717) is 11.2 Å². The number of aliphatic hydroxyl groups excluding tert-OH is 1. The molecule has 0 spiro atoms. The molecule has 4 aromatic heterocycles. The molecular formula is C20H21N9O9P2S2. The van der Waals surface area contributed by atoms with E-state index in [4.69, 9.17) is 40.4 Å². The van der Waals surface area contributed by atoms with Gasteiger partial charge in [-0.25, -0.2) is 19.5 Å². The van der Waals surface area contributed by atoms with Crippen molar-refractivity contribution in [2.75, 3.05) is 18.9 Å². The summed E-state index contributed by atoms with van der Waals surface area (Å²) in [5, 5.41) is 20.4. The molecule has 6 heterocycles. The van der Waals surface area contributed by atoms with Crippen LogP contribution < -0.4 is 11.3 Å². The van der Waals surface area contributed by atoms with Crippen molar-refractivity contribution in [2.45, 2.75) is 37.7 Å². The summed E-state index contributed by atoms with van der Waals surface area (Å²) in [5.41, 5.74) is 5.96. The first kappa shape index (κ1) is 29.3. The number of pyridine rings is 1. The topological polar surface area (TPSA) is 248 Å². The molecule has 5 N–H and O–H groups in total. The molecule has 1 saturated heterocycles. The van der Waals surface area contributed by atoms with Gasteiger partial charge in [0.2, 0.25) is 5.95 Å². The summed E-state index contributed by atoms with van der Waals surface area (Å²) in [7, 11) is 0. The summed E-state index contributed by atoms with van der Waals surface area (Å²) in [4.78, 5) is 42.1. The maximum atomic E-state index is 13.5. The highest BCUT2D eigenvalue weighted by Crippen LogP contribution is 2.57. The number of nitrogens with one attached hydrogen (secondary N) is 1. The number of aromatic amines is 1. The zero-order chi connectivity index (χ0) is 29.8. The first-order chi connectivity index (χ1) is 19.9. The molecule has 0 aromatic carbocycles. The van der Waals surface area contributed by atoms with Crippen molar-refractivity contribution in [3.05, 3.63) is 40.3 Å². The summed E-state index contributed by atoms with van der Waals surface area (Å²) >= 11 is 9.23. The number of ether oxygens (including phenoxy) is 1. The molecule has 2 unspecified atom stereocenters. The van der Waals surface area contributed by atoms with Gasteiger partial charge >= 0.3 is 13.5 Å². The molecule has 1 fully saturated rings. The molecule has 2 bridgehead atoms. The van der Waals surface area contributed by atoms with Crippen molar-refractivity contribution in [1.29, 1.82) is 5.26 Å². The number of nitrogen functional groups attached to an aromatic ring is 1. The Kier molecular flexibility index (Phi) is 7.70. The van der Waals surface area contributed by atoms with Crippen LogP contribution in [0.3, 0.4) is 0 Å². The zero-order valence-electron chi connectivity index (χ0n) is 21.1. The summed E-state index contributed by atoms with van der Waals surface area (Å²) in [6, 6.07) is 3.49. The minimum Gasteiger partial charge on any atom is -0.387 e. The fourth-order valence-corrected chi connectivity index (χ4v) is 7.07. The number of thiol groups is 1. The molecule has 6 atom stereocenters. The van der Waals surface area contributed by atoms with Crippen molar-refractivity contribution in [2.24, 2.45) is 0 Å². The van der Waals surface area contributed by atoms with E-state index in [1.807, 2.05) is 6.07 Å². The lowest BCUT2D eigenvalue weighted by molar-refractivity contribution is -0.0476. The quantitative estimate of drug-likeness (QED) is 0.138. The van der Waals surface area contributed by atoms with Gasteiger partial charge in [-0.1, -0.05) is 12.2 Å². The number of hydrogen-bond donors (Lipinski definition) is 5. The molecule has 4 aromatic rings. The number of hydrogen-bond acceptors (Lipinski definition) is 15. The minimum atomic E-state index is -4.27. The molecule has 0 radical (unpaired) electrons. The van der Waals surface area contributed by atoms with Gasteiger partial charge in [-0.05, 0) is 17.9 Å². The molecular weight excluding hydrogens is 636 g/mol. The number of nitriles is 1. The van der Waals surface area contributed by atoms with Gasteiger partial charge in [-0.15, -0.1) is 0 Å². The van der Waals surface area contributed by atoms with Gasteiger partial charge in [-0.3, -0.25) is 23.4 Å². The van der Waals surface area contributed by atoms with Crippen LogP contribution in [-0.2, 0) is 52.4 Å². The van der Waals surface area contributed by atoms with Gasteiger partial charge in [0.05, 0.1) is 25.1 Å². The maximum absolute atomic E-state index is 13.5. The molecule has 0 aliphatic carbocycles. The van der Waals surface area contributed by atoms with Crippen molar-refractivity contribution >= 4 is 65.8 Å². The van der Waals surface area contributed by atoms with Crippen LogP contribution in [0.25, 0.3) is 22.3 Å². The number of aromatic nitrogens is 7. The van der Waals surface area contributed by atoms with E-state index in [1.54, 1.807) is 4.57 Å². The molecule has 22 heteroatoms. The number of nitrogens with two attached hydrogens (primary N) is 1. The maximum Gasteiger partial charge on any atom is 0.387 e. The van der Waals surface area contributed by atoms with Crippen LogP contribution in [0.15, 0.2) is 23.4 Å². The summed E-state index contributed by atoms with van der Waals surface area (Å²) < 4.78 is 44.4. The Morgan fingerprint density at radius 3 is 2.86 bits per heavy atom. The lowest BCUT2D eigenvalue weighted by atomic mass is 10.1. The number of imidazole rings is 2. The van der Waals surface area contributed by atoms with Gasteiger partial charge in [0.25, 0.3) is 5.56 Å². The van der Waals surface area contributed by atoms with Crippen LogP contribution in [0.5, 0.6) is 0 Å². The van der Waals surface area contributed by atoms with Crippen LogP contribution in [0.1, 0.15) is 17.6 Å². The molecule has 222 valence electrons. The van der Waals surface area contributed by atoms with Gasteiger partial charge in [0, 0.05) is 12.7 Å². The van der Waals surface area contributed by atoms with Crippen LogP contribution in [-0.4, -0.2) is 75.6 Å². The molecule has 0 amide bonds. The first-order valence-electron chi connectivity index (χ1n) is 12.0. The second-order valence-corrected chi connectivity index (χ2v) is 14.8. The number of nitrogens with zero attached hydrogens (tertiary/aromatic N) is 7. The smallest absolute Gasteiger partial charge is 0.387 e. The number of H-pyrrole nitrogens is 1. The highest BCUT2D eigenvalue weighted by atomic mass is 32.7. The van der Waals surface area contributed by atoms with Crippen molar-refractivity contribution in [3.63, 3.8) is 0 Å². The Morgan fingerprint density at radius 1 is 1.26 bits per heavy atom. The fraction of sp³-hybridized carbons (Fsp3) is 0.400. The summed E-state index contributed by atoms with van der Waals surface area (Å²) in [5.74, 6) is 0.00782. The highest BCUT2D eigenvalue weighted by Gasteiger charge is 2.49. The second kappa shape index (κ2) is 11.0. The van der Waals surface area contributed by atoms with Crippen molar-refractivity contribution in [3.8, 4) is 6.07 Å². The predicted octanol–water partition coefficient (Wildman–Crippen LogP) is 0.480. The average molecular weight is 658 g/mol.